The second-order valence-electron chi connectivity index (χ2n) is 8.68. The minimum absolute atomic E-state index is 0.167. The van der Waals surface area contributed by atoms with Gasteiger partial charge in [0.2, 0.25) is 10.0 Å². The van der Waals surface area contributed by atoms with Crippen LogP contribution < -0.4 is 4.74 Å². The molecule has 0 N–H and O–H groups in total. The molecule has 9 heteroatoms. The number of rotatable bonds is 6. The summed E-state index contributed by atoms with van der Waals surface area (Å²) < 4.78 is 60.6. The van der Waals surface area contributed by atoms with Crippen molar-refractivity contribution in [3.8, 4) is 11.5 Å². The number of halogens is 1. The summed E-state index contributed by atoms with van der Waals surface area (Å²) in [6.07, 6.45) is 1.94. The molecular weight excluding hydrogens is 494 g/mol. The van der Waals surface area contributed by atoms with Crippen LogP contribution in [0.4, 0.5) is 0 Å². The summed E-state index contributed by atoms with van der Waals surface area (Å²) in [6, 6.07) is 21.0. The topological polar surface area (TPSA) is 80.8 Å². The third-order valence-corrected chi connectivity index (χ3v) is 11.1. The highest BCUT2D eigenvalue weighted by Crippen LogP contribution is 2.43. The zero-order valence-electron chi connectivity index (χ0n) is 18.2. The fourth-order valence-corrected chi connectivity index (χ4v) is 8.93. The zero-order valence-corrected chi connectivity index (χ0v) is 20.6. The Hall–Kier alpha value is -2.39. The van der Waals surface area contributed by atoms with Gasteiger partial charge in [-0.3, -0.25) is 0 Å². The molecule has 2 aliphatic rings. The maximum absolute atomic E-state index is 13.5. The molecule has 178 valence electrons. The molecule has 2 atom stereocenters. The number of sulfonamides is 1. The zero-order chi connectivity index (χ0) is 23.9. The van der Waals surface area contributed by atoms with Crippen LogP contribution in [-0.4, -0.2) is 38.5 Å². The monoisotopic (exact) mass is 517 g/mol. The molecule has 5 rings (SSSR count). The molecule has 3 aromatic rings. The van der Waals surface area contributed by atoms with Gasteiger partial charge in [0.15, 0.2) is 9.84 Å². The highest BCUT2D eigenvalue weighted by Gasteiger charge is 2.50. The Morgan fingerprint density at radius 3 is 1.94 bits per heavy atom. The van der Waals surface area contributed by atoms with E-state index >= 15 is 0 Å². The molecule has 2 fully saturated rings. The Kier molecular flexibility index (Phi) is 6.18. The first kappa shape index (κ1) is 23.4. The maximum atomic E-state index is 13.5. The van der Waals surface area contributed by atoms with Crippen molar-refractivity contribution in [3.63, 3.8) is 0 Å². The molecule has 3 aromatic carbocycles. The molecular formula is C25H24ClNO5S2. The number of piperidine rings is 1. The third-order valence-electron chi connectivity index (χ3n) is 6.60. The van der Waals surface area contributed by atoms with Gasteiger partial charge in [-0.25, -0.2) is 16.8 Å². The van der Waals surface area contributed by atoms with E-state index in [1.165, 1.54) is 16.4 Å². The van der Waals surface area contributed by atoms with E-state index in [2.05, 4.69) is 0 Å². The largest absolute Gasteiger partial charge is 0.456 e. The van der Waals surface area contributed by atoms with Gasteiger partial charge in [0, 0.05) is 12.1 Å². The summed E-state index contributed by atoms with van der Waals surface area (Å²) in [5.74, 6) is 0.960. The molecule has 2 bridgehead atoms. The van der Waals surface area contributed by atoms with Crippen LogP contribution in [-0.2, 0) is 19.9 Å². The van der Waals surface area contributed by atoms with Gasteiger partial charge in [0.1, 0.15) is 11.5 Å². The van der Waals surface area contributed by atoms with Crippen LogP contribution >= 0.6 is 11.6 Å². The van der Waals surface area contributed by atoms with Gasteiger partial charge in [-0.2, -0.15) is 4.31 Å². The van der Waals surface area contributed by atoms with E-state index < -0.39 is 25.1 Å². The number of benzene rings is 3. The second kappa shape index (κ2) is 9.00. The molecule has 2 saturated heterocycles. The van der Waals surface area contributed by atoms with E-state index in [4.69, 9.17) is 16.3 Å². The number of para-hydroxylation sites is 1. The fraction of sp³-hybridized carbons (Fsp3) is 0.280. The van der Waals surface area contributed by atoms with Crippen molar-refractivity contribution < 1.29 is 21.6 Å². The van der Waals surface area contributed by atoms with Gasteiger partial charge < -0.3 is 4.74 Å². The van der Waals surface area contributed by atoms with Gasteiger partial charge in [0.05, 0.1) is 20.1 Å². The molecule has 0 aliphatic carbocycles. The predicted molar refractivity (Wildman–Crippen MR) is 130 cm³/mol. The minimum Gasteiger partial charge on any atom is -0.456 e. The Morgan fingerprint density at radius 2 is 1.32 bits per heavy atom. The normalized spacial score (nSPS) is 23.0. The standard InChI is InChI=1S/C25H24ClNO5S2/c26-24-8-4-5-9-25(24)32-20-12-14-22(15-13-20)34(30,31)27-18-10-11-19(27)17-23(16-18)33(28,29)21-6-2-1-3-7-21/h1-9,12-15,18-19,23H,10-11,16-17H2. The summed E-state index contributed by atoms with van der Waals surface area (Å²) in [4.78, 5) is 0.463. The van der Waals surface area contributed by atoms with Crippen LogP contribution in [0.1, 0.15) is 25.7 Å². The third kappa shape index (κ3) is 4.24. The van der Waals surface area contributed by atoms with Crippen molar-refractivity contribution in [2.45, 2.75) is 52.8 Å². The molecule has 2 heterocycles. The van der Waals surface area contributed by atoms with Gasteiger partial charge in [-0.05, 0) is 74.2 Å². The molecule has 0 spiro atoms. The molecule has 0 radical (unpaired) electrons. The van der Waals surface area contributed by atoms with Crippen LogP contribution in [0.3, 0.4) is 0 Å². The summed E-state index contributed by atoms with van der Waals surface area (Å²) in [6.45, 7) is 0. The lowest BCUT2D eigenvalue weighted by molar-refractivity contribution is 0.249. The highest BCUT2D eigenvalue weighted by molar-refractivity contribution is 7.92. The highest BCUT2D eigenvalue weighted by atomic mass is 35.5. The Labute approximate surface area is 205 Å². The Bertz CT molecular complexity index is 1380. The van der Waals surface area contributed by atoms with Crippen molar-refractivity contribution in [2.75, 3.05) is 0 Å². The number of hydrogen-bond acceptors (Lipinski definition) is 5. The van der Waals surface area contributed by atoms with Crippen LogP contribution in [0, 0.1) is 0 Å². The smallest absolute Gasteiger partial charge is 0.243 e. The van der Waals surface area contributed by atoms with Crippen molar-refractivity contribution in [1.82, 2.24) is 4.31 Å². The Balaban J connectivity index is 1.35. The van der Waals surface area contributed by atoms with E-state index in [0.29, 0.717) is 47.1 Å². The maximum Gasteiger partial charge on any atom is 0.243 e. The molecule has 0 aromatic heterocycles. The first-order valence-corrected chi connectivity index (χ1v) is 14.5. The van der Waals surface area contributed by atoms with Crippen molar-refractivity contribution in [1.29, 1.82) is 0 Å². The molecule has 2 unspecified atom stereocenters. The van der Waals surface area contributed by atoms with Crippen molar-refractivity contribution in [2.24, 2.45) is 0 Å². The van der Waals surface area contributed by atoms with E-state index in [9.17, 15) is 16.8 Å². The van der Waals surface area contributed by atoms with Gasteiger partial charge in [-0.1, -0.05) is 41.9 Å². The average Bonchev–Trinajstić information content (AvgIpc) is 3.12. The SMILES string of the molecule is O=S(=O)(c1ccccc1)C1CC2CCC(C1)N2S(=O)(=O)c1ccc(Oc2ccccc2Cl)cc1. The first-order valence-electron chi connectivity index (χ1n) is 11.1. The number of sulfone groups is 1. The number of ether oxygens (including phenoxy) is 1. The lowest BCUT2D eigenvalue weighted by Gasteiger charge is -2.37. The quantitative estimate of drug-likeness (QED) is 0.443. The van der Waals surface area contributed by atoms with Crippen LogP contribution in [0.15, 0.2) is 88.7 Å². The van der Waals surface area contributed by atoms with Gasteiger partial charge in [0.25, 0.3) is 0 Å². The summed E-state index contributed by atoms with van der Waals surface area (Å²) in [5, 5.41) is -0.116. The number of nitrogens with zero attached hydrogens (tertiary/aromatic N) is 1. The first-order chi connectivity index (χ1) is 16.3. The number of hydrogen-bond donors (Lipinski definition) is 0. The summed E-state index contributed by atoms with van der Waals surface area (Å²) >= 11 is 6.13. The predicted octanol–water partition coefficient (Wildman–Crippen LogP) is 5.29. The Morgan fingerprint density at radius 1 is 0.735 bits per heavy atom. The van der Waals surface area contributed by atoms with Crippen LogP contribution in [0.25, 0.3) is 0 Å². The lowest BCUT2D eigenvalue weighted by Crippen LogP contribution is -2.49. The van der Waals surface area contributed by atoms with E-state index in [1.54, 1.807) is 66.7 Å². The average molecular weight is 518 g/mol. The van der Waals surface area contributed by atoms with Crippen LogP contribution in [0.2, 0.25) is 5.02 Å². The van der Waals surface area contributed by atoms with E-state index in [1.807, 2.05) is 0 Å². The lowest BCUT2D eigenvalue weighted by atomic mass is 10.1. The van der Waals surface area contributed by atoms with E-state index in [0.717, 1.165) is 0 Å². The minimum atomic E-state index is -3.77. The second-order valence-corrected chi connectivity index (χ2v) is 13.2. The summed E-state index contributed by atoms with van der Waals surface area (Å²) in [7, 11) is -7.28. The molecule has 6 nitrogen and oxygen atoms in total. The van der Waals surface area contributed by atoms with Crippen molar-refractivity contribution >= 4 is 31.5 Å². The molecule has 0 saturated carbocycles. The molecule has 0 amide bonds. The molecule has 2 aliphatic heterocycles. The molecule has 34 heavy (non-hydrogen) atoms. The van der Waals surface area contributed by atoms with Gasteiger partial charge >= 0.3 is 0 Å². The summed E-state index contributed by atoms with van der Waals surface area (Å²) in [5.41, 5.74) is 0. The van der Waals surface area contributed by atoms with E-state index in [-0.39, 0.29) is 17.0 Å². The van der Waals surface area contributed by atoms with Crippen molar-refractivity contribution in [3.05, 3.63) is 83.9 Å². The fourth-order valence-electron chi connectivity index (χ4n) is 4.99. The van der Waals surface area contributed by atoms with Crippen LogP contribution in [0.5, 0.6) is 11.5 Å². The van der Waals surface area contributed by atoms with Gasteiger partial charge in [-0.15, -0.1) is 0 Å². The number of fused-ring (bicyclic) bond motifs is 2.